The van der Waals surface area contributed by atoms with Crippen molar-refractivity contribution in [2.75, 3.05) is 11.9 Å². The summed E-state index contributed by atoms with van der Waals surface area (Å²) in [7, 11) is 1.72. The van der Waals surface area contributed by atoms with Crippen molar-refractivity contribution >= 4 is 34.8 Å². The fourth-order valence-electron chi connectivity index (χ4n) is 2.48. The molecule has 0 saturated heterocycles. The number of para-hydroxylation sites is 1. The molecule has 0 aliphatic heterocycles. The second-order valence-electron chi connectivity index (χ2n) is 5.63. The number of anilines is 1. The van der Waals surface area contributed by atoms with Gasteiger partial charge in [0.25, 0.3) is 0 Å². The van der Waals surface area contributed by atoms with Gasteiger partial charge in [-0.1, -0.05) is 41.4 Å². The van der Waals surface area contributed by atoms with Crippen LogP contribution in [0.5, 0.6) is 0 Å². The van der Waals surface area contributed by atoms with Crippen molar-refractivity contribution in [1.82, 2.24) is 5.32 Å². The van der Waals surface area contributed by atoms with E-state index >= 15 is 0 Å². The number of benzene rings is 2. The average molecular weight is 369 g/mol. The SMILES string of the molecule is C[C@@H](N[C@H](C)c1cc(F)c(Cl)cc1Cl)C(=O)N(C)c1ccccc1. The smallest absolute Gasteiger partial charge is 0.243 e. The van der Waals surface area contributed by atoms with E-state index in [9.17, 15) is 9.18 Å². The number of nitrogens with one attached hydrogen (secondary N) is 1. The zero-order valence-electron chi connectivity index (χ0n) is 13.7. The molecule has 24 heavy (non-hydrogen) atoms. The highest BCUT2D eigenvalue weighted by Gasteiger charge is 2.22. The van der Waals surface area contributed by atoms with Gasteiger partial charge < -0.3 is 4.90 Å². The molecule has 2 atom stereocenters. The van der Waals surface area contributed by atoms with E-state index in [0.29, 0.717) is 10.6 Å². The Balaban J connectivity index is 2.10. The van der Waals surface area contributed by atoms with Gasteiger partial charge in [-0.2, -0.15) is 0 Å². The maximum atomic E-state index is 13.7. The largest absolute Gasteiger partial charge is 0.314 e. The molecule has 0 spiro atoms. The summed E-state index contributed by atoms with van der Waals surface area (Å²) < 4.78 is 13.7. The minimum atomic E-state index is -0.537. The Kier molecular flexibility index (Phi) is 6.21. The monoisotopic (exact) mass is 368 g/mol. The lowest BCUT2D eigenvalue weighted by Gasteiger charge is -2.25. The van der Waals surface area contributed by atoms with Crippen LogP contribution in [0, 0.1) is 5.82 Å². The predicted molar refractivity (Wildman–Crippen MR) is 97.3 cm³/mol. The number of hydrogen-bond donors (Lipinski definition) is 1. The van der Waals surface area contributed by atoms with Crippen molar-refractivity contribution in [3.63, 3.8) is 0 Å². The number of carbonyl (C=O) groups excluding carboxylic acids is 1. The summed E-state index contributed by atoms with van der Waals surface area (Å²) in [6.07, 6.45) is 0. The highest BCUT2D eigenvalue weighted by molar-refractivity contribution is 6.35. The quantitative estimate of drug-likeness (QED) is 0.766. The summed E-state index contributed by atoms with van der Waals surface area (Å²) in [5.74, 6) is -0.635. The summed E-state index contributed by atoms with van der Waals surface area (Å²) in [4.78, 5) is 14.1. The van der Waals surface area contributed by atoms with Gasteiger partial charge in [0.1, 0.15) is 5.82 Å². The van der Waals surface area contributed by atoms with Crippen molar-refractivity contribution in [3.05, 3.63) is 63.9 Å². The maximum absolute atomic E-state index is 13.7. The Morgan fingerprint density at radius 1 is 1.12 bits per heavy atom. The second-order valence-corrected chi connectivity index (χ2v) is 6.45. The molecule has 2 aromatic rings. The van der Waals surface area contributed by atoms with E-state index in [1.54, 1.807) is 18.9 Å². The molecule has 0 aromatic heterocycles. The molecule has 0 saturated carbocycles. The molecule has 0 aliphatic rings. The molecule has 0 aliphatic carbocycles. The van der Waals surface area contributed by atoms with Crippen molar-refractivity contribution in [3.8, 4) is 0 Å². The zero-order valence-corrected chi connectivity index (χ0v) is 15.2. The van der Waals surface area contributed by atoms with Crippen LogP contribution in [-0.4, -0.2) is 19.0 Å². The summed E-state index contributed by atoms with van der Waals surface area (Å²) in [6.45, 7) is 3.58. The molecule has 0 radical (unpaired) electrons. The van der Waals surface area contributed by atoms with Crippen molar-refractivity contribution in [2.45, 2.75) is 25.9 Å². The Morgan fingerprint density at radius 3 is 2.38 bits per heavy atom. The highest BCUT2D eigenvalue weighted by Crippen LogP contribution is 2.29. The van der Waals surface area contributed by atoms with Crippen LogP contribution in [0.1, 0.15) is 25.5 Å². The minimum absolute atomic E-state index is 0.0242. The number of rotatable bonds is 5. The van der Waals surface area contributed by atoms with Gasteiger partial charge in [-0.25, -0.2) is 4.39 Å². The lowest BCUT2D eigenvalue weighted by Crippen LogP contribution is -2.44. The maximum Gasteiger partial charge on any atom is 0.243 e. The van der Waals surface area contributed by atoms with Crippen molar-refractivity contribution < 1.29 is 9.18 Å². The number of carbonyl (C=O) groups is 1. The van der Waals surface area contributed by atoms with Crippen LogP contribution in [0.25, 0.3) is 0 Å². The number of halogens is 3. The first kappa shape index (κ1) is 18.7. The van der Waals surface area contributed by atoms with Crippen LogP contribution in [0.4, 0.5) is 10.1 Å². The van der Waals surface area contributed by atoms with Crippen LogP contribution in [-0.2, 0) is 4.79 Å². The van der Waals surface area contributed by atoms with E-state index in [2.05, 4.69) is 5.32 Å². The summed E-state index contributed by atoms with van der Waals surface area (Å²) in [6, 6.07) is 11.2. The van der Waals surface area contributed by atoms with Crippen LogP contribution in [0.15, 0.2) is 42.5 Å². The van der Waals surface area contributed by atoms with Crippen molar-refractivity contribution in [1.29, 1.82) is 0 Å². The molecule has 0 bridgehead atoms. The molecule has 0 fully saturated rings. The molecule has 6 heteroatoms. The Hall–Kier alpha value is -1.62. The number of nitrogens with zero attached hydrogens (tertiary/aromatic N) is 1. The Labute approximate surface area is 151 Å². The van der Waals surface area contributed by atoms with E-state index in [1.165, 1.54) is 12.1 Å². The van der Waals surface area contributed by atoms with Gasteiger partial charge in [0.2, 0.25) is 5.91 Å². The topological polar surface area (TPSA) is 32.3 Å². The first-order valence-corrected chi connectivity index (χ1v) is 8.30. The normalized spacial score (nSPS) is 13.4. The molecule has 2 rings (SSSR count). The summed E-state index contributed by atoms with van der Waals surface area (Å²) >= 11 is 11.8. The third-order valence-electron chi connectivity index (χ3n) is 3.85. The highest BCUT2D eigenvalue weighted by atomic mass is 35.5. The van der Waals surface area contributed by atoms with Crippen molar-refractivity contribution in [2.24, 2.45) is 0 Å². The van der Waals surface area contributed by atoms with Crippen LogP contribution in [0.2, 0.25) is 10.0 Å². The van der Waals surface area contributed by atoms with Crippen LogP contribution in [0.3, 0.4) is 0 Å². The van der Waals surface area contributed by atoms with E-state index in [4.69, 9.17) is 23.2 Å². The fourth-order valence-corrected chi connectivity index (χ4v) is 3.02. The molecule has 2 aromatic carbocycles. The van der Waals surface area contributed by atoms with Gasteiger partial charge in [-0.05, 0) is 43.7 Å². The third-order valence-corrected chi connectivity index (χ3v) is 4.47. The molecule has 3 nitrogen and oxygen atoms in total. The van der Waals surface area contributed by atoms with Gasteiger partial charge >= 0.3 is 0 Å². The molecule has 1 N–H and O–H groups in total. The first-order chi connectivity index (χ1) is 11.3. The first-order valence-electron chi connectivity index (χ1n) is 7.54. The summed E-state index contributed by atoms with van der Waals surface area (Å²) in [5.41, 5.74) is 1.36. The molecule has 0 heterocycles. The molecule has 128 valence electrons. The van der Waals surface area contributed by atoms with Gasteiger partial charge in [-0.3, -0.25) is 10.1 Å². The van der Waals surface area contributed by atoms with Crippen LogP contribution >= 0.6 is 23.2 Å². The number of hydrogen-bond acceptors (Lipinski definition) is 2. The predicted octanol–water partition coefficient (Wildman–Crippen LogP) is 4.83. The number of amides is 1. The second kappa shape index (κ2) is 7.97. The Morgan fingerprint density at radius 2 is 1.75 bits per heavy atom. The lowest BCUT2D eigenvalue weighted by atomic mass is 10.1. The van der Waals surface area contributed by atoms with Gasteiger partial charge in [0.15, 0.2) is 0 Å². The van der Waals surface area contributed by atoms with E-state index in [-0.39, 0.29) is 17.0 Å². The average Bonchev–Trinajstić information content (AvgIpc) is 2.57. The van der Waals surface area contributed by atoms with E-state index < -0.39 is 11.9 Å². The zero-order chi connectivity index (χ0) is 17.9. The minimum Gasteiger partial charge on any atom is -0.314 e. The molecular weight excluding hydrogens is 350 g/mol. The Bertz CT molecular complexity index is 724. The molecule has 0 unspecified atom stereocenters. The fraction of sp³-hybridized carbons (Fsp3) is 0.278. The van der Waals surface area contributed by atoms with Gasteiger partial charge in [-0.15, -0.1) is 0 Å². The number of likely N-dealkylation sites (N-methyl/N-ethyl adjacent to an activating group) is 1. The van der Waals surface area contributed by atoms with Crippen LogP contribution < -0.4 is 10.2 Å². The van der Waals surface area contributed by atoms with Gasteiger partial charge in [0, 0.05) is 23.8 Å². The molecular formula is C18H19Cl2FN2O. The van der Waals surface area contributed by atoms with Gasteiger partial charge in [0.05, 0.1) is 11.1 Å². The van der Waals surface area contributed by atoms with E-state index in [0.717, 1.165) is 5.69 Å². The lowest BCUT2D eigenvalue weighted by molar-refractivity contribution is -0.120. The molecule has 1 amide bonds. The third kappa shape index (κ3) is 4.26. The standard InChI is InChI=1S/C18H19Cl2FN2O/c1-11(14-9-17(21)16(20)10-15(14)19)22-12(2)18(24)23(3)13-7-5-4-6-8-13/h4-12,22H,1-3H3/t11-,12-/m1/s1. The summed E-state index contributed by atoms with van der Waals surface area (Å²) in [5, 5.41) is 3.48. The van der Waals surface area contributed by atoms with E-state index in [1.807, 2.05) is 37.3 Å².